The average molecular weight is 249 g/mol. The summed E-state index contributed by atoms with van der Waals surface area (Å²) in [5.74, 6) is -0.805. The molecule has 1 atom stereocenters. The van der Waals surface area contributed by atoms with E-state index < -0.39 is 11.4 Å². The van der Waals surface area contributed by atoms with Gasteiger partial charge in [-0.1, -0.05) is 19.4 Å². The Bertz CT molecular complexity index is 455. The molecule has 2 amide bonds. The molecular formula is C13H19N3O2. The van der Waals surface area contributed by atoms with Gasteiger partial charge in [-0.05, 0) is 31.5 Å². The third-order valence-electron chi connectivity index (χ3n) is 2.69. The summed E-state index contributed by atoms with van der Waals surface area (Å²) in [6.45, 7) is 3.65. The van der Waals surface area contributed by atoms with Crippen molar-refractivity contribution in [3.8, 4) is 0 Å². The lowest BCUT2D eigenvalue weighted by Crippen LogP contribution is -2.48. The minimum Gasteiger partial charge on any atom is -0.366 e. The summed E-state index contributed by atoms with van der Waals surface area (Å²) in [6, 6.07) is 6.46. The normalized spacial score (nSPS) is 13.7. The molecule has 5 heteroatoms. The number of carbonyl (C=O) groups excluding carboxylic acids is 2. The van der Waals surface area contributed by atoms with E-state index in [9.17, 15) is 9.59 Å². The maximum Gasteiger partial charge on any atom is 0.248 e. The van der Waals surface area contributed by atoms with Crippen LogP contribution in [0.25, 0.3) is 0 Å². The zero-order valence-electron chi connectivity index (χ0n) is 10.7. The second kappa shape index (κ2) is 5.64. The molecule has 18 heavy (non-hydrogen) atoms. The molecular weight excluding hydrogens is 230 g/mol. The van der Waals surface area contributed by atoms with E-state index in [0.29, 0.717) is 17.7 Å². The van der Waals surface area contributed by atoms with Crippen LogP contribution in [0.15, 0.2) is 24.3 Å². The Morgan fingerprint density at radius 2 is 2.06 bits per heavy atom. The molecule has 1 unspecified atom stereocenters. The van der Waals surface area contributed by atoms with Crippen molar-refractivity contribution < 1.29 is 9.59 Å². The summed E-state index contributed by atoms with van der Waals surface area (Å²) in [6.07, 6.45) is 1.41. The lowest BCUT2D eigenvalue weighted by Gasteiger charge is -2.22. The monoisotopic (exact) mass is 249 g/mol. The molecule has 0 fully saturated rings. The van der Waals surface area contributed by atoms with Crippen molar-refractivity contribution in [1.29, 1.82) is 0 Å². The van der Waals surface area contributed by atoms with Crippen LogP contribution in [0.5, 0.6) is 0 Å². The van der Waals surface area contributed by atoms with E-state index in [1.807, 2.05) is 6.92 Å². The number of carbonyl (C=O) groups is 2. The van der Waals surface area contributed by atoms with Gasteiger partial charge in [-0.3, -0.25) is 9.59 Å². The van der Waals surface area contributed by atoms with Gasteiger partial charge in [0, 0.05) is 11.3 Å². The Hall–Kier alpha value is -1.88. The SMILES string of the molecule is CCCC(C)(N)C(=O)Nc1cccc(C(N)=O)c1. The van der Waals surface area contributed by atoms with Gasteiger partial charge < -0.3 is 16.8 Å². The second-order valence-corrected chi connectivity index (χ2v) is 4.57. The Morgan fingerprint density at radius 1 is 1.39 bits per heavy atom. The third kappa shape index (κ3) is 3.56. The van der Waals surface area contributed by atoms with Crippen LogP contribution < -0.4 is 16.8 Å². The summed E-state index contributed by atoms with van der Waals surface area (Å²) < 4.78 is 0. The van der Waals surface area contributed by atoms with E-state index in [4.69, 9.17) is 11.5 Å². The number of benzene rings is 1. The Morgan fingerprint density at radius 3 is 2.61 bits per heavy atom. The zero-order valence-corrected chi connectivity index (χ0v) is 10.7. The molecule has 1 aromatic rings. The number of primary amides is 1. The molecule has 0 aliphatic rings. The summed E-state index contributed by atoms with van der Waals surface area (Å²) >= 11 is 0. The van der Waals surface area contributed by atoms with Crippen molar-refractivity contribution in [2.75, 3.05) is 5.32 Å². The van der Waals surface area contributed by atoms with E-state index in [1.165, 1.54) is 6.07 Å². The van der Waals surface area contributed by atoms with Crippen LogP contribution in [0.3, 0.4) is 0 Å². The van der Waals surface area contributed by atoms with E-state index in [-0.39, 0.29) is 5.91 Å². The van der Waals surface area contributed by atoms with E-state index in [2.05, 4.69) is 5.32 Å². The fraction of sp³-hybridized carbons (Fsp3) is 0.385. The Kier molecular flexibility index (Phi) is 4.44. The first-order chi connectivity index (χ1) is 8.36. The van der Waals surface area contributed by atoms with Crippen molar-refractivity contribution in [3.05, 3.63) is 29.8 Å². The molecule has 0 saturated heterocycles. The quantitative estimate of drug-likeness (QED) is 0.732. The van der Waals surface area contributed by atoms with Gasteiger partial charge >= 0.3 is 0 Å². The Labute approximate surface area is 107 Å². The van der Waals surface area contributed by atoms with Crippen LogP contribution in [-0.2, 0) is 4.79 Å². The summed E-state index contributed by atoms with van der Waals surface area (Å²) in [5.41, 5.74) is 11.0. The zero-order chi connectivity index (χ0) is 13.8. The lowest BCUT2D eigenvalue weighted by molar-refractivity contribution is -0.120. The number of amides is 2. The number of nitrogens with one attached hydrogen (secondary N) is 1. The van der Waals surface area contributed by atoms with Crippen LogP contribution in [0.1, 0.15) is 37.0 Å². The molecule has 5 nitrogen and oxygen atoms in total. The highest BCUT2D eigenvalue weighted by Gasteiger charge is 2.27. The molecule has 0 aromatic heterocycles. The second-order valence-electron chi connectivity index (χ2n) is 4.57. The van der Waals surface area contributed by atoms with Crippen LogP contribution in [-0.4, -0.2) is 17.4 Å². The highest BCUT2D eigenvalue weighted by molar-refractivity contribution is 5.99. The molecule has 98 valence electrons. The molecule has 0 aliphatic heterocycles. The molecule has 1 aromatic carbocycles. The van der Waals surface area contributed by atoms with Crippen molar-refractivity contribution in [2.24, 2.45) is 11.5 Å². The minimum absolute atomic E-state index is 0.272. The maximum atomic E-state index is 12.0. The van der Waals surface area contributed by atoms with Gasteiger partial charge in [-0.15, -0.1) is 0 Å². The van der Waals surface area contributed by atoms with Crippen molar-refractivity contribution in [2.45, 2.75) is 32.2 Å². The third-order valence-corrected chi connectivity index (χ3v) is 2.69. The molecule has 0 radical (unpaired) electrons. The first kappa shape index (κ1) is 14.2. The van der Waals surface area contributed by atoms with Gasteiger partial charge in [0.1, 0.15) is 0 Å². The Balaban J connectivity index is 2.82. The first-order valence-electron chi connectivity index (χ1n) is 5.87. The lowest BCUT2D eigenvalue weighted by atomic mass is 9.96. The molecule has 0 bridgehead atoms. The number of hydrogen-bond acceptors (Lipinski definition) is 3. The summed E-state index contributed by atoms with van der Waals surface area (Å²) in [7, 11) is 0. The van der Waals surface area contributed by atoms with Gasteiger partial charge in [-0.2, -0.15) is 0 Å². The standard InChI is InChI=1S/C13H19N3O2/c1-3-7-13(2,15)12(18)16-10-6-4-5-9(8-10)11(14)17/h4-6,8H,3,7,15H2,1-2H3,(H2,14,17)(H,16,18). The largest absolute Gasteiger partial charge is 0.366 e. The van der Waals surface area contributed by atoms with E-state index in [1.54, 1.807) is 25.1 Å². The predicted molar refractivity (Wildman–Crippen MR) is 71.1 cm³/mol. The van der Waals surface area contributed by atoms with E-state index >= 15 is 0 Å². The predicted octanol–water partition coefficient (Wildman–Crippen LogP) is 1.24. The number of anilines is 1. The fourth-order valence-electron chi connectivity index (χ4n) is 1.66. The molecule has 0 saturated carbocycles. The summed E-state index contributed by atoms with van der Waals surface area (Å²) in [5, 5.41) is 2.69. The number of rotatable bonds is 5. The van der Waals surface area contributed by atoms with Crippen molar-refractivity contribution in [3.63, 3.8) is 0 Å². The molecule has 0 spiro atoms. The average Bonchev–Trinajstić information content (AvgIpc) is 2.29. The number of nitrogens with two attached hydrogens (primary N) is 2. The van der Waals surface area contributed by atoms with Gasteiger partial charge in [-0.25, -0.2) is 0 Å². The maximum absolute atomic E-state index is 12.0. The van der Waals surface area contributed by atoms with Crippen LogP contribution >= 0.6 is 0 Å². The van der Waals surface area contributed by atoms with Gasteiger partial charge in [0.05, 0.1) is 5.54 Å². The van der Waals surface area contributed by atoms with Gasteiger partial charge in [0.2, 0.25) is 11.8 Å². The van der Waals surface area contributed by atoms with Gasteiger partial charge in [0.15, 0.2) is 0 Å². The van der Waals surface area contributed by atoms with Crippen LogP contribution in [0, 0.1) is 0 Å². The first-order valence-corrected chi connectivity index (χ1v) is 5.87. The molecule has 1 rings (SSSR count). The van der Waals surface area contributed by atoms with Gasteiger partial charge in [0.25, 0.3) is 0 Å². The number of hydrogen-bond donors (Lipinski definition) is 3. The highest BCUT2D eigenvalue weighted by atomic mass is 16.2. The molecule has 0 heterocycles. The van der Waals surface area contributed by atoms with E-state index in [0.717, 1.165) is 6.42 Å². The van der Waals surface area contributed by atoms with Crippen LogP contribution in [0.4, 0.5) is 5.69 Å². The topological polar surface area (TPSA) is 98.2 Å². The summed E-state index contributed by atoms with van der Waals surface area (Å²) in [4.78, 5) is 23.0. The molecule has 5 N–H and O–H groups in total. The minimum atomic E-state index is -0.919. The molecule has 0 aliphatic carbocycles. The van der Waals surface area contributed by atoms with Crippen molar-refractivity contribution in [1.82, 2.24) is 0 Å². The fourth-order valence-corrected chi connectivity index (χ4v) is 1.66. The highest BCUT2D eigenvalue weighted by Crippen LogP contribution is 2.15. The van der Waals surface area contributed by atoms with Crippen molar-refractivity contribution >= 4 is 17.5 Å². The smallest absolute Gasteiger partial charge is 0.248 e. The van der Waals surface area contributed by atoms with Crippen LogP contribution in [0.2, 0.25) is 0 Å².